The number of fused-ring (bicyclic) bond motifs is 9. The normalized spacial score (nSPS) is 28.0. The molecule has 0 unspecified atom stereocenters. The van der Waals surface area contributed by atoms with Gasteiger partial charge in [0.25, 0.3) is 0 Å². The van der Waals surface area contributed by atoms with Crippen LogP contribution in [0.1, 0.15) is 113 Å². The van der Waals surface area contributed by atoms with E-state index < -0.39 is 41.1 Å². The second-order valence-corrected chi connectivity index (χ2v) is 18.2. The van der Waals surface area contributed by atoms with Gasteiger partial charge in [-0.15, -0.1) is 11.8 Å². The van der Waals surface area contributed by atoms with Crippen LogP contribution in [0.15, 0.2) is 18.2 Å². The summed E-state index contributed by atoms with van der Waals surface area (Å²) in [4.78, 5) is 32.9. The molecule has 3 aromatic carbocycles. The Morgan fingerprint density at radius 1 is 0.983 bits per heavy atom. The number of aliphatic hydroxyl groups excluding tert-OH is 1. The van der Waals surface area contributed by atoms with E-state index in [2.05, 4.69) is 28.1 Å². The van der Waals surface area contributed by atoms with Gasteiger partial charge in [0.1, 0.15) is 24.3 Å². The number of methoxy groups -OCH3 is 1. The van der Waals surface area contributed by atoms with E-state index in [-0.39, 0.29) is 49.1 Å². The van der Waals surface area contributed by atoms with Gasteiger partial charge in [-0.25, -0.2) is 4.79 Å². The molecule has 14 heteroatoms. The van der Waals surface area contributed by atoms with E-state index in [1.165, 1.54) is 11.8 Å². The lowest BCUT2D eigenvalue weighted by Gasteiger charge is -2.62. The Balaban J connectivity index is 1.27. The van der Waals surface area contributed by atoms with Crippen molar-refractivity contribution in [2.75, 3.05) is 39.9 Å². The average Bonchev–Trinajstić information content (AvgIpc) is 3.70. The number of unbranched alkanes of at least 4 members (excludes halogenated alkanes) is 4. The summed E-state index contributed by atoms with van der Waals surface area (Å²) >= 11 is 1.53. The summed E-state index contributed by atoms with van der Waals surface area (Å²) in [7, 11) is 3.54. The van der Waals surface area contributed by atoms with Gasteiger partial charge in [-0.05, 0) is 87.0 Å². The highest BCUT2D eigenvalue weighted by Crippen LogP contribution is 2.64. The number of rotatable bonds is 8. The number of phenols is 2. The van der Waals surface area contributed by atoms with Crippen molar-refractivity contribution in [3.8, 4) is 34.5 Å². The van der Waals surface area contributed by atoms with Gasteiger partial charge in [0.05, 0.1) is 30.5 Å². The molecule has 0 aliphatic carbocycles. The number of hydrogen-bond donors (Lipinski definition) is 4. The summed E-state index contributed by atoms with van der Waals surface area (Å²) in [5.74, 6) is 1.37. The third kappa shape index (κ3) is 6.18. The minimum Gasteiger partial charge on any atom is -0.508 e. The van der Waals surface area contributed by atoms with Gasteiger partial charge in [-0.2, -0.15) is 0 Å². The number of hydrogen-bond acceptors (Lipinski definition) is 14. The van der Waals surface area contributed by atoms with E-state index in [9.17, 15) is 24.9 Å². The van der Waals surface area contributed by atoms with Crippen LogP contribution in [0.4, 0.5) is 0 Å². The van der Waals surface area contributed by atoms with E-state index >= 15 is 0 Å². The number of piperazine rings is 1. The van der Waals surface area contributed by atoms with Crippen molar-refractivity contribution < 1.29 is 48.6 Å². The Morgan fingerprint density at radius 3 is 2.54 bits per heavy atom. The maximum Gasteiger partial charge on any atom is 0.331 e. The first-order chi connectivity index (χ1) is 28.4. The zero-order chi connectivity index (χ0) is 41.5. The number of aliphatic hydroxyl groups is 1. The fourth-order valence-corrected chi connectivity index (χ4v) is 12.5. The van der Waals surface area contributed by atoms with Crippen molar-refractivity contribution in [3.63, 3.8) is 0 Å². The van der Waals surface area contributed by atoms with E-state index in [1.54, 1.807) is 13.2 Å². The Labute approximate surface area is 349 Å². The lowest BCUT2D eigenvalue weighted by molar-refractivity contribution is -0.186. The summed E-state index contributed by atoms with van der Waals surface area (Å²) < 4.78 is 31.2. The predicted octanol–water partition coefficient (Wildman–Crippen LogP) is 6.05. The number of nitrogens with one attached hydrogen (secondary N) is 1. The summed E-state index contributed by atoms with van der Waals surface area (Å²) in [5.41, 5.74) is 5.47. The van der Waals surface area contributed by atoms with Crippen molar-refractivity contribution in [1.29, 1.82) is 0 Å². The molecule has 316 valence electrons. The van der Waals surface area contributed by atoms with Gasteiger partial charge >= 0.3 is 11.9 Å². The van der Waals surface area contributed by atoms with Crippen LogP contribution in [0.5, 0.6) is 34.5 Å². The summed E-state index contributed by atoms with van der Waals surface area (Å²) in [5, 5.41) is 38.6. The van der Waals surface area contributed by atoms with Gasteiger partial charge in [-0.1, -0.05) is 38.7 Å². The number of thioether (sulfide) groups is 1. The molecule has 0 amide bonds. The van der Waals surface area contributed by atoms with Crippen LogP contribution in [0.2, 0.25) is 0 Å². The van der Waals surface area contributed by atoms with Crippen LogP contribution in [0.25, 0.3) is 0 Å². The van der Waals surface area contributed by atoms with Crippen molar-refractivity contribution >= 4 is 23.7 Å². The minimum atomic E-state index is -1.28. The Morgan fingerprint density at radius 2 is 1.76 bits per heavy atom. The predicted molar refractivity (Wildman–Crippen MR) is 220 cm³/mol. The molecule has 7 aliphatic heterocycles. The molecule has 2 fully saturated rings. The van der Waals surface area contributed by atoms with Gasteiger partial charge in [0.15, 0.2) is 28.5 Å². The van der Waals surface area contributed by atoms with Gasteiger partial charge < -0.3 is 39.0 Å². The van der Waals surface area contributed by atoms with Crippen molar-refractivity contribution in [3.05, 3.63) is 68.3 Å². The number of nitrogens with zero attached hydrogens (tertiary/aromatic N) is 2. The van der Waals surface area contributed by atoms with Crippen LogP contribution in [0, 0.1) is 20.8 Å². The number of aryl methyl sites for hydroxylation is 2. The molecule has 0 aromatic heterocycles. The third-order valence-corrected chi connectivity index (χ3v) is 15.2. The molecule has 7 atom stereocenters. The molecule has 7 heterocycles. The molecule has 7 aliphatic rings. The number of phenolic OH excluding ortho intramolecular Hbond substituents is 2. The summed E-state index contributed by atoms with van der Waals surface area (Å²) in [6.45, 7) is 8.06. The fraction of sp³-hybridized carbons (Fsp3) is 0.556. The minimum absolute atomic E-state index is 0.0435. The highest BCUT2D eigenvalue weighted by atomic mass is 32.2. The number of ether oxygens (including phenoxy) is 5. The number of likely N-dealkylation sites (N-methyl/N-ethyl adjacent to an activating group) is 1. The smallest absolute Gasteiger partial charge is 0.331 e. The Hall–Kier alpha value is -4.21. The molecule has 0 radical (unpaired) electrons. The maximum atomic E-state index is 14.8. The van der Waals surface area contributed by atoms with Gasteiger partial charge in [0.2, 0.25) is 6.79 Å². The summed E-state index contributed by atoms with van der Waals surface area (Å²) in [6, 6.07) is 3.53. The third-order valence-electron chi connectivity index (χ3n) is 13.7. The lowest BCUT2D eigenvalue weighted by atomic mass is 9.73. The lowest BCUT2D eigenvalue weighted by Crippen LogP contribution is -2.70. The highest BCUT2D eigenvalue weighted by molar-refractivity contribution is 7.99. The second-order valence-electron chi connectivity index (χ2n) is 17.1. The zero-order valence-electron chi connectivity index (χ0n) is 34.7. The highest BCUT2D eigenvalue weighted by Gasteiger charge is 2.61. The largest absolute Gasteiger partial charge is 0.508 e. The molecule has 59 heavy (non-hydrogen) atoms. The van der Waals surface area contributed by atoms with E-state index in [1.807, 2.05) is 33.9 Å². The number of aromatic hydroxyl groups is 2. The first kappa shape index (κ1) is 40.2. The topological polar surface area (TPSA) is 159 Å². The van der Waals surface area contributed by atoms with E-state index in [0.29, 0.717) is 65.5 Å². The van der Waals surface area contributed by atoms with E-state index in [0.717, 1.165) is 59.1 Å². The molecule has 4 bridgehead atoms. The SMILES string of the molecule is CCCCCCCC(=O)Oc1c(C)c2c(c3c1[C@H]1SC[C@]4(NCCc5cc(O)c(C)cc54)C(=O)OC[C@@H]3N3[C@@H]1[C@@H]1c4c(cc(C)c(OC)c4O)C[C@@H]([C@@H]3O)N1C)OCO2. The molecule has 2 saturated heterocycles. The number of benzene rings is 3. The zero-order valence-corrected chi connectivity index (χ0v) is 35.5. The molecular formula is C45H55N3O10S. The second kappa shape index (κ2) is 15.4. The average molecular weight is 830 g/mol. The van der Waals surface area contributed by atoms with Crippen LogP contribution < -0.4 is 24.3 Å². The van der Waals surface area contributed by atoms with Crippen LogP contribution in [0.3, 0.4) is 0 Å². The Kier molecular flexibility index (Phi) is 10.5. The number of carbonyl (C=O) groups excluding carboxylic acids is 2. The van der Waals surface area contributed by atoms with Crippen molar-refractivity contribution in [2.24, 2.45) is 0 Å². The maximum absolute atomic E-state index is 14.8. The van der Waals surface area contributed by atoms with Crippen molar-refractivity contribution in [2.45, 2.75) is 120 Å². The molecule has 0 saturated carbocycles. The quantitative estimate of drug-likeness (QED) is 0.118. The number of carbonyl (C=O) groups is 2. The van der Waals surface area contributed by atoms with Crippen molar-refractivity contribution in [1.82, 2.24) is 15.1 Å². The monoisotopic (exact) mass is 829 g/mol. The molecule has 1 spiro atoms. The van der Waals surface area contributed by atoms with Gasteiger partial charge in [0, 0.05) is 47.0 Å². The molecular weight excluding hydrogens is 775 g/mol. The molecule has 10 rings (SSSR count). The molecule has 13 nitrogen and oxygen atoms in total. The number of esters is 2. The molecule has 3 aromatic rings. The standard InChI is InChI=1S/C45H55N3O10S/c1-7-8-9-10-11-12-31(50)58-39-24(4)40-41(57-21-56-40)33-29-19-55-44(53)45(27-16-22(2)30(49)18-25(27)13-14-46-45)20-59-42(34(33)39)36-35-32-26(15-23(3)38(54-6)37(32)51)17-28(47(35)5)43(52)48(29)36/h15-16,18,28-29,35-36,42-43,46,49,51-52H,7-14,17,19-21H2,1-6H3/t28-,29-,35-,36+,42+,43-,45+/m0/s1. The van der Waals surface area contributed by atoms with Crippen LogP contribution in [-0.4, -0.2) is 95.2 Å². The van der Waals surface area contributed by atoms with Crippen LogP contribution >= 0.6 is 11.8 Å². The first-order valence-corrected chi connectivity index (χ1v) is 22.1. The van der Waals surface area contributed by atoms with Gasteiger partial charge in [-0.3, -0.25) is 19.9 Å². The van der Waals surface area contributed by atoms with Crippen LogP contribution in [-0.2, 0) is 32.7 Å². The Bertz CT molecular complexity index is 2210. The molecule has 4 N–H and O–H groups in total. The first-order valence-electron chi connectivity index (χ1n) is 21.0. The fourth-order valence-electron chi connectivity index (χ4n) is 10.9. The summed E-state index contributed by atoms with van der Waals surface area (Å²) in [6.07, 6.45) is 5.20. The van der Waals surface area contributed by atoms with E-state index in [4.69, 9.17) is 23.7 Å².